The van der Waals surface area contributed by atoms with Crippen LogP contribution in [0.15, 0.2) is 12.1 Å². The highest BCUT2D eigenvalue weighted by Crippen LogP contribution is 2.30. The quantitative estimate of drug-likeness (QED) is 0.754. The van der Waals surface area contributed by atoms with Gasteiger partial charge in [-0.05, 0) is 6.42 Å². The number of rotatable bonds is 2. The van der Waals surface area contributed by atoms with Gasteiger partial charge >= 0.3 is 0 Å². The molecule has 0 bridgehead atoms. The van der Waals surface area contributed by atoms with Crippen molar-refractivity contribution < 1.29 is 18.0 Å². The predicted molar refractivity (Wildman–Crippen MR) is 51.0 cm³/mol. The second-order valence-electron chi connectivity index (χ2n) is 3.74. The SMILES string of the molecule is NC1CC1C(=O)Nc1cc(F)cc(F)c1F. The minimum Gasteiger partial charge on any atom is -0.327 e. The van der Waals surface area contributed by atoms with E-state index in [9.17, 15) is 18.0 Å². The number of amides is 1. The molecular formula is C10H9F3N2O. The van der Waals surface area contributed by atoms with Crippen LogP contribution in [0.4, 0.5) is 18.9 Å². The Labute approximate surface area is 89.4 Å². The van der Waals surface area contributed by atoms with Gasteiger partial charge in [-0.25, -0.2) is 13.2 Å². The summed E-state index contributed by atoms with van der Waals surface area (Å²) in [6, 6.07) is 0.888. The fourth-order valence-electron chi connectivity index (χ4n) is 1.39. The highest BCUT2D eigenvalue weighted by molar-refractivity contribution is 5.95. The molecule has 1 saturated carbocycles. The molecule has 2 atom stereocenters. The van der Waals surface area contributed by atoms with Crippen LogP contribution >= 0.6 is 0 Å². The molecule has 1 amide bonds. The van der Waals surface area contributed by atoms with E-state index < -0.39 is 35.0 Å². The first kappa shape index (κ1) is 10.9. The number of carbonyl (C=O) groups is 1. The molecule has 6 heteroatoms. The third-order valence-electron chi connectivity index (χ3n) is 2.43. The van der Waals surface area contributed by atoms with Crippen molar-refractivity contribution in [3.8, 4) is 0 Å². The van der Waals surface area contributed by atoms with Crippen molar-refractivity contribution in [3.63, 3.8) is 0 Å². The van der Waals surface area contributed by atoms with Crippen LogP contribution < -0.4 is 11.1 Å². The van der Waals surface area contributed by atoms with Crippen LogP contribution in [-0.4, -0.2) is 11.9 Å². The normalized spacial score (nSPS) is 23.0. The number of benzene rings is 1. The number of nitrogens with two attached hydrogens (primary N) is 1. The topological polar surface area (TPSA) is 55.1 Å². The Morgan fingerprint density at radius 1 is 1.38 bits per heavy atom. The maximum Gasteiger partial charge on any atom is 0.229 e. The molecule has 3 N–H and O–H groups in total. The van der Waals surface area contributed by atoms with Gasteiger partial charge in [-0.15, -0.1) is 0 Å². The van der Waals surface area contributed by atoms with E-state index in [-0.39, 0.29) is 6.04 Å². The number of anilines is 1. The first-order chi connectivity index (χ1) is 7.49. The predicted octanol–water partition coefficient (Wildman–Crippen LogP) is 1.39. The Morgan fingerprint density at radius 3 is 2.56 bits per heavy atom. The van der Waals surface area contributed by atoms with Crippen molar-refractivity contribution >= 4 is 11.6 Å². The van der Waals surface area contributed by atoms with Crippen LogP contribution in [0.5, 0.6) is 0 Å². The summed E-state index contributed by atoms with van der Waals surface area (Å²) in [5, 5.41) is 2.11. The monoisotopic (exact) mass is 230 g/mol. The lowest BCUT2D eigenvalue weighted by Crippen LogP contribution is -2.19. The molecule has 3 nitrogen and oxygen atoms in total. The molecule has 0 heterocycles. The van der Waals surface area contributed by atoms with Gasteiger partial charge in [-0.1, -0.05) is 0 Å². The van der Waals surface area contributed by atoms with Gasteiger partial charge < -0.3 is 11.1 Å². The Kier molecular flexibility index (Phi) is 2.59. The summed E-state index contributed by atoms with van der Waals surface area (Å²) in [6.07, 6.45) is 0.505. The average Bonchev–Trinajstić information content (AvgIpc) is 2.91. The van der Waals surface area contributed by atoms with Gasteiger partial charge in [0.25, 0.3) is 0 Å². The molecule has 16 heavy (non-hydrogen) atoms. The second kappa shape index (κ2) is 3.79. The zero-order valence-corrected chi connectivity index (χ0v) is 8.14. The van der Waals surface area contributed by atoms with Crippen molar-refractivity contribution in [2.24, 2.45) is 11.7 Å². The Balaban J connectivity index is 2.18. The molecule has 1 aromatic carbocycles. The molecule has 2 rings (SSSR count). The van der Waals surface area contributed by atoms with Crippen LogP contribution in [0.2, 0.25) is 0 Å². The third-order valence-corrected chi connectivity index (χ3v) is 2.43. The van der Waals surface area contributed by atoms with Crippen molar-refractivity contribution in [2.45, 2.75) is 12.5 Å². The molecule has 0 radical (unpaired) electrons. The van der Waals surface area contributed by atoms with Gasteiger partial charge in [-0.3, -0.25) is 4.79 Å². The molecule has 1 aliphatic rings. The average molecular weight is 230 g/mol. The third kappa shape index (κ3) is 2.01. The Hall–Kier alpha value is -1.56. The van der Waals surface area contributed by atoms with Crippen molar-refractivity contribution in [1.29, 1.82) is 0 Å². The molecule has 2 unspecified atom stereocenters. The van der Waals surface area contributed by atoms with Crippen LogP contribution in [0.3, 0.4) is 0 Å². The summed E-state index contributed by atoms with van der Waals surface area (Å²) in [4.78, 5) is 11.4. The highest BCUT2D eigenvalue weighted by Gasteiger charge is 2.40. The van der Waals surface area contributed by atoms with Gasteiger partial charge in [0, 0.05) is 18.2 Å². The fraction of sp³-hybridized carbons (Fsp3) is 0.300. The fourth-order valence-corrected chi connectivity index (χ4v) is 1.39. The molecule has 1 fully saturated rings. The van der Waals surface area contributed by atoms with E-state index >= 15 is 0 Å². The standard InChI is InChI=1S/C10H9F3N2O/c11-4-1-6(12)9(13)8(2-4)15-10(16)5-3-7(5)14/h1-2,5,7H,3,14H2,(H,15,16). The summed E-state index contributed by atoms with van der Waals surface area (Å²) in [7, 11) is 0. The minimum atomic E-state index is -1.34. The van der Waals surface area contributed by atoms with Crippen LogP contribution in [-0.2, 0) is 4.79 Å². The van der Waals surface area contributed by atoms with E-state index in [2.05, 4.69) is 5.32 Å². The maximum absolute atomic E-state index is 13.1. The highest BCUT2D eigenvalue weighted by atomic mass is 19.2. The van der Waals surface area contributed by atoms with Crippen LogP contribution in [0.25, 0.3) is 0 Å². The first-order valence-corrected chi connectivity index (χ1v) is 4.70. The molecule has 0 spiro atoms. The first-order valence-electron chi connectivity index (χ1n) is 4.70. The smallest absolute Gasteiger partial charge is 0.229 e. The van der Waals surface area contributed by atoms with Gasteiger partial charge in [0.2, 0.25) is 5.91 Å². The van der Waals surface area contributed by atoms with Crippen LogP contribution in [0, 0.1) is 23.4 Å². The van der Waals surface area contributed by atoms with Gasteiger partial charge in [0.05, 0.1) is 11.6 Å². The number of halogens is 3. The number of nitrogens with one attached hydrogen (secondary N) is 1. The van der Waals surface area contributed by atoms with E-state index in [0.717, 1.165) is 6.07 Å². The zero-order valence-electron chi connectivity index (χ0n) is 8.14. The molecule has 0 aliphatic heterocycles. The molecule has 1 aliphatic carbocycles. The number of carbonyl (C=O) groups excluding carboxylic acids is 1. The second-order valence-corrected chi connectivity index (χ2v) is 3.74. The summed E-state index contributed by atoms with van der Waals surface area (Å²) in [5.41, 5.74) is 4.92. The molecule has 0 aromatic heterocycles. The van der Waals surface area contributed by atoms with Crippen molar-refractivity contribution in [1.82, 2.24) is 0 Å². The molecule has 0 saturated heterocycles. The Morgan fingerprint density at radius 2 is 2.00 bits per heavy atom. The van der Waals surface area contributed by atoms with Gasteiger partial charge in [0.15, 0.2) is 11.6 Å². The lowest BCUT2D eigenvalue weighted by atomic mass is 10.2. The lowest BCUT2D eigenvalue weighted by molar-refractivity contribution is -0.117. The largest absolute Gasteiger partial charge is 0.327 e. The lowest BCUT2D eigenvalue weighted by Gasteiger charge is -2.06. The summed E-state index contributed by atoms with van der Waals surface area (Å²) >= 11 is 0. The summed E-state index contributed by atoms with van der Waals surface area (Å²) in [6.45, 7) is 0. The molecule has 1 aromatic rings. The Bertz CT molecular complexity index is 450. The number of hydrogen-bond donors (Lipinski definition) is 2. The number of hydrogen-bond acceptors (Lipinski definition) is 2. The maximum atomic E-state index is 13.1. The summed E-state index contributed by atoms with van der Waals surface area (Å²) < 4.78 is 38.7. The van der Waals surface area contributed by atoms with Gasteiger partial charge in [0.1, 0.15) is 5.82 Å². The van der Waals surface area contributed by atoms with Crippen LogP contribution in [0.1, 0.15) is 6.42 Å². The molecular weight excluding hydrogens is 221 g/mol. The van der Waals surface area contributed by atoms with Gasteiger partial charge in [-0.2, -0.15) is 0 Å². The van der Waals surface area contributed by atoms with E-state index in [1.54, 1.807) is 0 Å². The van der Waals surface area contributed by atoms with E-state index in [0.29, 0.717) is 12.5 Å². The zero-order chi connectivity index (χ0) is 11.9. The van der Waals surface area contributed by atoms with E-state index in [4.69, 9.17) is 5.73 Å². The summed E-state index contributed by atoms with van der Waals surface area (Å²) in [5.74, 6) is -4.48. The molecule has 86 valence electrons. The van der Waals surface area contributed by atoms with E-state index in [1.807, 2.05) is 0 Å². The van der Waals surface area contributed by atoms with Crippen molar-refractivity contribution in [2.75, 3.05) is 5.32 Å². The van der Waals surface area contributed by atoms with Crippen molar-refractivity contribution in [3.05, 3.63) is 29.6 Å². The van der Waals surface area contributed by atoms with E-state index in [1.165, 1.54) is 0 Å². The minimum absolute atomic E-state index is 0.249.